The Bertz CT molecular complexity index is 1220. The number of hydrazine groups is 1. The van der Waals surface area contributed by atoms with Gasteiger partial charge in [-0.3, -0.25) is 20.6 Å². The van der Waals surface area contributed by atoms with Gasteiger partial charge in [-0.25, -0.2) is 10.8 Å². The zero-order chi connectivity index (χ0) is 22.3. The normalized spacial score (nSPS) is 14.4. The van der Waals surface area contributed by atoms with Crippen molar-refractivity contribution in [3.8, 4) is 0 Å². The van der Waals surface area contributed by atoms with Crippen molar-refractivity contribution in [1.82, 2.24) is 19.9 Å². The van der Waals surface area contributed by atoms with Crippen molar-refractivity contribution in [3.63, 3.8) is 0 Å². The maximum atomic E-state index is 12.9. The van der Waals surface area contributed by atoms with Crippen LogP contribution in [0.3, 0.4) is 0 Å². The van der Waals surface area contributed by atoms with E-state index in [4.69, 9.17) is 22.4 Å². The number of nitrogen functional groups attached to an aromatic ring is 1. The number of amides is 1. The Labute approximate surface area is 178 Å². The number of rotatable bonds is 4. The molecule has 1 aliphatic heterocycles. The van der Waals surface area contributed by atoms with Crippen LogP contribution < -0.4 is 16.9 Å². The molecule has 0 saturated heterocycles. The highest BCUT2D eigenvalue weighted by Gasteiger charge is 2.27. The monoisotopic (exact) mass is 417 g/mol. The van der Waals surface area contributed by atoms with Crippen LogP contribution in [0.25, 0.3) is 11.0 Å². The predicted octanol–water partition coefficient (Wildman–Crippen LogP) is 1.83. The van der Waals surface area contributed by atoms with Gasteiger partial charge < -0.3 is 20.9 Å². The van der Waals surface area contributed by atoms with Crippen molar-refractivity contribution in [2.45, 2.75) is 6.92 Å². The van der Waals surface area contributed by atoms with Crippen LogP contribution >= 0.6 is 0 Å². The molecule has 4 rings (SSSR count). The van der Waals surface area contributed by atoms with Crippen LogP contribution in [0.15, 0.2) is 53.7 Å². The molecule has 0 fully saturated rings. The second-order valence-electron chi connectivity index (χ2n) is 7.31. The lowest BCUT2D eigenvalue weighted by Gasteiger charge is -2.34. The molecule has 0 saturated carbocycles. The minimum atomic E-state index is -0.335. The second kappa shape index (κ2) is 7.58. The largest absolute Gasteiger partial charge is 0.398 e. The molecule has 0 atom stereocenters. The van der Waals surface area contributed by atoms with E-state index in [0.29, 0.717) is 34.0 Å². The highest BCUT2D eigenvalue weighted by atomic mass is 16.1. The average molecular weight is 417 g/mol. The van der Waals surface area contributed by atoms with Crippen LogP contribution in [0, 0.1) is 10.8 Å². The lowest BCUT2D eigenvalue weighted by molar-refractivity contribution is -0.113. The van der Waals surface area contributed by atoms with Crippen LogP contribution in [0.1, 0.15) is 18.3 Å². The third-order valence-electron chi connectivity index (χ3n) is 5.34. The molecule has 10 heteroatoms. The van der Waals surface area contributed by atoms with E-state index in [9.17, 15) is 4.79 Å². The van der Waals surface area contributed by atoms with E-state index in [1.54, 1.807) is 37.1 Å². The fourth-order valence-corrected chi connectivity index (χ4v) is 3.41. The van der Waals surface area contributed by atoms with E-state index < -0.39 is 0 Å². The average Bonchev–Trinajstić information content (AvgIpc) is 3.20. The molecule has 31 heavy (non-hydrogen) atoms. The molecular weight excluding hydrogens is 394 g/mol. The topological polar surface area (TPSA) is 164 Å². The lowest BCUT2D eigenvalue weighted by atomic mass is 10.1. The maximum Gasteiger partial charge on any atom is 0.255 e. The number of nitrogens with one attached hydrogen (secondary N) is 4. The summed E-state index contributed by atoms with van der Waals surface area (Å²) in [4.78, 5) is 22.0. The Morgan fingerprint density at radius 2 is 2.00 bits per heavy atom. The summed E-state index contributed by atoms with van der Waals surface area (Å²) in [5, 5.41) is 20.5. The number of benzene rings is 2. The van der Waals surface area contributed by atoms with E-state index in [2.05, 4.69) is 15.3 Å². The van der Waals surface area contributed by atoms with Gasteiger partial charge in [0.1, 0.15) is 5.71 Å². The molecular formula is C21H23N9O. The number of para-hydroxylation sites is 2. The zero-order valence-electron chi connectivity index (χ0n) is 17.2. The third-order valence-corrected chi connectivity index (χ3v) is 5.34. The molecule has 2 heterocycles. The summed E-state index contributed by atoms with van der Waals surface area (Å²) in [5.41, 5.74) is 10.3. The van der Waals surface area contributed by atoms with Gasteiger partial charge in [-0.2, -0.15) is 0 Å². The van der Waals surface area contributed by atoms with Gasteiger partial charge >= 0.3 is 0 Å². The van der Waals surface area contributed by atoms with E-state index in [0.717, 1.165) is 11.0 Å². The van der Waals surface area contributed by atoms with Crippen molar-refractivity contribution in [3.05, 3.63) is 65.1 Å². The number of hydrogen-bond donors (Lipinski definition) is 6. The number of carbonyl (C=O) groups is 1. The van der Waals surface area contributed by atoms with Crippen molar-refractivity contribution < 1.29 is 4.79 Å². The summed E-state index contributed by atoms with van der Waals surface area (Å²) in [6.07, 6.45) is 0. The Morgan fingerprint density at radius 3 is 2.74 bits per heavy atom. The molecule has 1 amide bonds. The van der Waals surface area contributed by atoms with Gasteiger partial charge in [0.15, 0.2) is 5.82 Å². The minimum Gasteiger partial charge on any atom is -0.398 e. The summed E-state index contributed by atoms with van der Waals surface area (Å²) >= 11 is 0. The molecule has 10 nitrogen and oxygen atoms in total. The number of aromatic nitrogens is 2. The Morgan fingerprint density at radius 1 is 1.26 bits per heavy atom. The summed E-state index contributed by atoms with van der Waals surface area (Å²) in [7, 11) is 1.68. The van der Waals surface area contributed by atoms with Gasteiger partial charge in [0, 0.05) is 29.7 Å². The number of fused-ring (bicyclic) bond motifs is 1. The first-order valence-corrected chi connectivity index (χ1v) is 9.55. The van der Waals surface area contributed by atoms with Gasteiger partial charge in [-0.1, -0.05) is 12.1 Å². The third kappa shape index (κ3) is 3.60. The molecule has 2 aromatic carbocycles. The van der Waals surface area contributed by atoms with Crippen molar-refractivity contribution in [2.24, 2.45) is 5.84 Å². The molecule has 158 valence electrons. The van der Waals surface area contributed by atoms with Crippen LogP contribution in [-0.4, -0.2) is 51.0 Å². The van der Waals surface area contributed by atoms with Crippen LogP contribution in [-0.2, 0) is 4.79 Å². The molecule has 3 aromatic rings. The van der Waals surface area contributed by atoms with Gasteiger partial charge in [0.2, 0.25) is 5.96 Å². The molecule has 0 spiro atoms. The smallest absolute Gasteiger partial charge is 0.255 e. The number of nitrogens with zero attached hydrogens (tertiary/aromatic N) is 3. The molecule has 0 aliphatic carbocycles. The number of guanidine groups is 1. The number of imidazole rings is 1. The Kier molecular flexibility index (Phi) is 4.91. The lowest BCUT2D eigenvalue weighted by Crippen LogP contribution is -2.51. The highest BCUT2D eigenvalue weighted by Crippen LogP contribution is 2.23. The van der Waals surface area contributed by atoms with Gasteiger partial charge in [0.25, 0.3) is 5.91 Å². The Hall–Kier alpha value is -4.18. The molecule has 8 N–H and O–H groups in total. The van der Waals surface area contributed by atoms with E-state index >= 15 is 0 Å². The number of carbonyl (C=O) groups excluding carboxylic acids is 1. The number of aromatic amines is 1. The fraction of sp³-hybridized carbons (Fsp3) is 0.143. The first-order chi connectivity index (χ1) is 14.8. The van der Waals surface area contributed by atoms with Gasteiger partial charge in [0.05, 0.1) is 23.2 Å². The quantitative estimate of drug-likeness (QED) is 0.215. The number of hydrogen-bond acceptors (Lipinski definition) is 6. The number of allylic oxidation sites excluding steroid dienone is 1. The number of H-pyrrole nitrogens is 1. The number of nitrogens with two attached hydrogens (primary N) is 2. The zero-order valence-corrected chi connectivity index (χ0v) is 17.2. The summed E-state index contributed by atoms with van der Waals surface area (Å²) < 4.78 is 0. The van der Waals surface area contributed by atoms with Gasteiger partial charge in [-0.05, 0) is 37.3 Å². The summed E-state index contributed by atoms with van der Waals surface area (Å²) in [6, 6.07) is 12.5. The summed E-state index contributed by atoms with van der Waals surface area (Å²) in [6.45, 7) is 1.89. The molecule has 1 aromatic heterocycles. The second-order valence-corrected chi connectivity index (χ2v) is 7.31. The SMILES string of the molecule is CC1=C(C(=O)Nc2ccc(N)c(C(=N)c3nc4ccccc4[nH]3)c2)CN(N)C(=N)N1C. The standard InChI is InChI=1S/C21H23N9O/c1-11-14(10-30(25)21(24)29(11)2)20(31)26-12-7-8-15(22)13(9-12)18(23)19-27-16-5-3-4-6-17(16)28-19/h3-9,23-24H,10,22,25H2,1-2H3,(H,26,31)(H,27,28). The summed E-state index contributed by atoms with van der Waals surface area (Å²) in [5.74, 6) is 6.00. The maximum absolute atomic E-state index is 12.9. The van der Waals surface area contributed by atoms with Crippen molar-refractivity contribution >= 4 is 40.0 Å². The van der Waals surface area contributed by atoms with E-state index in [1.807, 2.05) is 24.3 Å². The van der Waals surface area contributed by atoms with Crippen LogP contribution in [0.4, 0.5) is 11.4 Å². The van der Waals surface area contributed by atoms with Crippen LogP contribution in [0.5, 0.6) is 0 Å². The first-order valence-electron chi connectivity index (χ1n) is 9.55. The molecule has 0 unspecified atom stereocenters. The van der Waals surface area contributed by atoms with Crippen molar-refractivity contribution in [1.29, 1.82) is 10.8 Å². The highest BCUT2D eigenvalue weighted by molar-refractivity contribution is 6.14. The van der Waals surface area contributed by atoms with Crippen molar-refractivity contribution in [2.75, 3.05) is 24.6 Å². The Balaban J connectivity index is 1.61. The molecule has 0 bridgehead atoms. The predicted molar refractivity (Wildman–Crippen MR) is 121 cm³/mol. The van der Waals surface area contributed by atoms with E-state index in [1.165, 1.54) is 5.01 Å². The van der Waals surface area contributed by atoms with E-state index in [-0.39, 0.29) is 24.1 Å². The minimum absolute atomic E-state index is 0.114. The fourth-order valence-electron chi connectivity index (χ4n) is 3.41. The van der Waals surface area contributed by atoms with Crippen LogP contribution in [0.2, 0.25) is 0 Å². The first kappa shape index (κ1) is 20.1. The molecule has 0 radical (unpaired) electrons. The van der Waals surface area contributed by atoms with Gasteiger partial charge in [-0.15, -0.1) is 0 Å². The number of anilines is 2. The molecule has 1 aliphatic rings.